The fourth-order valence-electron chi connectivity index (χ4n) is 2.16. The minimum Gasteiger partial charge on any atom is -0.358 e. The molecule has 0 aromatic rings. The average Bonchev–Trinajstić information content (AvgIpc) is 2.45. The van der Waals surface area contributed by atoms with Gasteiger partial charge in [-0.15, -0.1) is 0 Å². The Morgan fingerprint density at radius 1 is 1.15 bits per heavy atom. The molecule has 0 radical (unpaired) electrons. The summed E-state index contributed by atoms with van der Waals surface area (Å²) >= 11 is 0. The predicted octanol–water partition coefficient (Wildman–Crippen LogP) is -0.177. The number of amides is 4. The lowest BCUT2D eigenvalue weighted by Crippen LogP contribution is -2.47. The zero-order valence-electron chi connectivity index (χ0n) is 12.2. The lowest BCUT2D eigenvalue weighted by molar-refractivity contribution is -0.133. The molecular formula is C13H24N4O3. The van der Waals surface area contributed by atoms with Gasteiger partial charge in [0.25, 0.3) is 0 Å². The first-order chi connectivity index (χ1) is 9.52. The standard InChI is InChI=1S/C13H24N4O3/c1-14-11(18)9-17(2)12(19)8-15-13(20)16-10-6-4-3-5-7-10/h10H,3-9H2,1-2H3,(H,14,18)(H2,15,16,20). The van der Waals surface area contributed by atoms with E-state index < -0.39 is 0 Å². The van der Waals surface area contributed by atoms with Crippen LogP contribution >= 0.6 is 0 Å². The maximum atomic E-state index is 11.7. The zero-order valence-corrected chi connectivity index (χ0v) is 12.2. The predicted molar refractivity (Wildman–Crippen MR) is 75.1 cm³/mol. The van der Waals surface area contributed by atoms with E-state index in [4.69, 9.17) is 0 Å². The van der Waals surface area contributed by atoms with E-state index in [2.05, 4.69) is 16.0 Å². The van der Waals surface area contributed by atoms with Gasteiger partial charge in [-0.3, -0.25) is 9.59 Å². The number of likely N-dealkylation sites (N-methyl/N-ethyl adjacent to an activating group) is 2. The van der Waals surface area contributed by atoms with Gasteiger partial charge in [0.15, 0.2) is 0 Å². The normalized spacial score (nSPS) is 15.3. The Labute approximate surface area is 119 Å². The SMILES string of the molecule is CNC(=O)CN(C)C(=O)CNC(=O)NC1CCCCC1. The van der Waals surface area contributed by atoms with Crippen molar-refractivity contribution < 1.29 is 14.4 Å². The molecule has 0 heterocycles. The van der Waals surface area contributed by atoms with Gasteiger partial charge in [0.2, 0.25) is 11.8 Å². The minimum atomic E-state index is -0.321. The third kappa shape index (κ3) is 5.90. The summed E-state index contributed by atoms with van der Waals surface area (Å²) in [5, 5.41) is 7.83. The molecule has 4 amide bonds. The van der Waals surface area contributed by atoms with Gasteiger partial charge in [-0.25, -0.2) is 4.79 Å². The highest BCUT2D eigenvalue weighted by molar-refractivity contribution is 5.87. The molecule has 20 heavy (non-hydrogen) atoms. The van der Waals surface area contributed by atoms with Crippen LogP contribution in [0.3, 0.4) is 0 Å². The van der Waals surface area contributed by atoms with Gasteiger partial charge in [0, 0.05) is 20.1 Å². The summed E-state index contributed by atoms with van der Waals surface area (Å²) in [6.07, 6.45) is 5.50. The maximum absolute atomic E-state index is 11.7. The summed E-state index contributed by atoms with van der Waals surface area (Å²) in [5.74, 6) is -0.542. The number of hydrogen-bond acceptors (Lipinski definition) is 3. The first kappa shape index (κ1) is 16.3. The van der Waals surface area contributed by atoms with Crippen LogP contribution in [0.4, 0.5) is 4.79 Å². The maximum Gasteiger partial charge on any atom is 0.315 e. The Hall–Kier alpha value is -1.79. The summed E-state index contributed by atoms with van der Waals surface area (Å²) in [5.41, 5.74) is 0. The smallest absolute Gasteiger partial charge is 0.315 e. The Balaban J connectivity index is 2.22. The molecule has 1 rings (SSSR count). The first-order valence-corrected chi connectivity index (χ1v) is 7.02. The van der Waals surface area contributed by atoms with Crippen molar-refractivity contribution in [1.82, 2.24) is 20.9 Å². The number of carbonyl (C=O) groups excluding carboxylic acids is 3. The van der Waals surface area contributed by atoms with E-state index in [1.807, 2.05) is 0 Å². The van der Waals surface area contributed by atoms with Crippen molar-refractivity contribution in [3.63, 3.8) is 0 Å². The van der Waals surface area contributed by atoms with E-state index in [9.17, 15) is 14.4 Å². The zero-order chi connectivity index (χ0) is 15.0. The molecule has 1 saturated carbocycles. The van der Waals surface area contributed by atoms with E-state index >= 15 is 0 Å². The van der Waals surface area contributed by atoms with Gasteiger partial charge in [-0.2, -0.15) is 0 Å². The summed E-state index contributed by atoms with van der Waals surface area (Å²) < 4.78 is 0. The van der Waals surface area contributed by atoms with E-state index in [1.54, 1.807) is 0 Å². The van der Waals surface area contributed by atoms with Crippen LogP contribution in [-0.4, -0.2) is 56.0 Å². The van der Waals surface area contributed by atoms with Crippen LogP contribution < -0.4 is 16.0 Å². The van der Waals surface area contributed by atoms with Crippen LogP contribution in [0.2, 0.25) is 0 Å². The molecule has 3 N–H and O–H groups in total. The quantitative estimate of drug-likeness (QED) is 0.654. The van der Waals surface area contributed by atoms with Gasteiger partial charge in [-0.1, -0.05) is 19.3 Å². The first-order valence-electron chi connectivity index (χ1n) is 7.02. The van der Waals surface area contributed by atoms with Gasteiger partial charge in [0.05, 0.1) is 13.1 Å². The fourth-order valence-corrected chi connectivity index (χ4v) is 2.16. The van der Waals surface area contributed by atoms with Crippen molar-refractivity contribution in [2.24, 2.45) is 0 Å². The van der Waals surface area contributed by atoms with Crippen LogP contribution in [0.15, 0.2) is 0 Å². The van der Waals surface area contributed by atoms with Crippen molar-refractivity contribution in [3.8, 4) is 0 Å². The van der Waals surface area contributed by atoms with E-state index in [0.717, 1.165) is 25.7 Å². The largest absolute Gasteiger partial charge is 0.358 e. The molecule has 0 spiro atoms. The summed E-state index contributed by atoms with van der Waals surface area (Å²) in [4.78, 5) is 35.7. The highest BCUT2D eigenvalue weighted by Gasteiger charge is 2.17. The van der Waals surface area contributed by atoms with E-state index in [1.165, 1.54) is 25.4 Å². The molecule has 0 atom stereocenters. The van der Waals surface area contributed by atoms with E-state index in [-0.39, 0.29) is 37.0 Å². The highest BCUT2D eigenvalue weighted by atomic mass is 16.2. The van der Waals surface area contributed by atoms with Crippen LogP contribution in [0.25, 0.3) is 0 Å². The van der Waals surface area contributed by atoms with Crippen molar-refractivity contribution in [2.45, 2.75) is 38.1 Å². The molecule has 0 bridgehead atoms. The molecule has 1 fully saturated rings. The highest BCUT2D eigenvalue weighted by Crippen LogP contribution is 2.16. The number of hydrogen-bond donors (Lipinski definition) is 3. The molecule has 0 aromatic carbocycles. The average molecular weight is 284 g/mol. The number of nitrogens with zero attached hydrogens (tertiary/aromatic N) is 1. The van der Waals surface area contributed by atoms with Crippen LogP contribution in [0.1, 0.15) is 32.1 Å². The summed E-state index contributed by atoms with van der Waals surface area (Å²) in [6.45, 7) is -0.118. The summed E-state index contributed by atoms with van der Waals surface area (Å²) in [7, 11) is 3.04. The Bertz CT molecular complexity index is 354. The molecular weight excluding hydrogens is 260 g/mol. The number of rotatable bonds is 5. The Morgan fingerprint density at radius 2 is 1.80 bits per heavy atom. The molecule has 0 aromatic heterocycles. The topological polar surface area (TPSA) is 90.5 Å². The van der Waals surface area contributed by atoms with Crippen molar-refractivity contribution in [2.75, 3.05) is 27.2 Å². The third-order valence-corrected chi connectivity index (χ3v) is 3.43. The van der Waals surface area contributed by atoms with Crippen molar-refractivity contribution in [3.05, 3.63) is 0 Å². The Kier molecular flexibility index (Phi) is 6.83. The van der Waals surface area contributed by atoms with Crippen molar-refractivity contribution >= 4 is 17.8 Å². The van der Waals surface area contributed by atoms with Crippen LogP contribution in [0.5, 0.6) is 0 Å². The monoisotopic (exact) mass is 284 g/mol. The second-order valence-corrected chi connectivity index (χ2v) is 5.08. The second-order valence-electron chi connectivity index (χ2n) is 5.08. The molecule has 1 aliphatic rings. The molecule has 0 aliphatic heterocycles. The lowest BCUT2D eigenvalue weighted by Gasteiger charge is -2.23. The molecule has 0 unspecified atom stereocenters. The molecule has 1 aliphatic carbocycles. The van der Waals surface area contributed by atoms with Crippen molar-refractivity contribution in [1.29, 1.82) is 0 Å². The van der Waals surface area contributed by atoms with Gasteiger partial charge in [-0.05, 0) is 12.8 Å². The summed E-state index contributed by atoms with van der Waals surface area (Å²) in [6, 6.07) is -0.110. The molecule has 114 valence electrons. The lowest BCUT2D eigenvalue weighted by atomic mass is 9.96. The minimum absolute atomic E-state index is 0.0126. The van der Waals surface area contributed by atoms with Crippen LogP contribution in [0, 0.1) is 0 Å². The second kappa shape index (κ2) is 8.39. The van der Waals surface area contributed by atoms with Crippen LogP contribution in [-0.2, 0) is 9.59 Å². The third-order valence-electron chi connectivity index (χ3n) is 3.43. The van der Waals surface area contributed by atoms with Gasteiger partial charge < -0.3 is 20.9 Å². The van der Waals surface area contributed by atoms with Gasteiger partial charge >= 0.3 is 6.03 Å². The number of urea groups is 1. The fraction of sp³-hybridized carbons (Fsp3) is 0.769. The Morgan fingerprint density at radius 3 is 2.40 bits per heavy atom. The molecule has 7 heteroatoms. The molecule has 0 saturated heterocycles. The number of nitrogens with one attached hydrogen (secondary N) is 3. The molecule has 7 nitrogen and oxygen atoms in total. The van der Waals surface area contributed by atoms with E-state index in [0.29, 0.717) is 0 Å². The van der Waals surface area contributed by atoms with Gasteiger partial charge in [0.1, 0.15) is 0 Å². The number of carbonyl (C=O) groups is 3.